The van der Waals surface area contributed by atoms with E-state index in [2.05, 4.69) is 0 Å². The van der Waals surface area contributed by atoms with Gasteiger partial charge < -0.3 is 18.6 Å². The largest absolute Gasteiger partial charge is 0.467 e. The molecule has 23 heavy (non-hydrogen) atoms. The molecular formula is C17H22N2O4. The Morgan fingerprint density at radius 3 is 2.61 bits per heavy atom. The number of likely N-dealkylation sites (N-methyl/N-ethyl adjacent to an activating group) is 1. The van der Waals surface area contributed by atoms with Crippen molar-refractivity contribution < 1.29 is 18.7 Å². The van der Waals surface area contributed by atoms with Crippen LogP contribution >= 0.6 is 0 Å². The van der Waals surface area contributed by atoms with Gasteiger partial charge >= 0.3 is 5.97 Å². The highest BCUT2D eigenvalue weighted by molar-refractivity contribution is 5.93. The lowest BCUT2D eigenvalue weighted by Crippen LogP contribution is -2.35. The number of amides is 1. The molecular weight excluding hydrogens is 296 g/mol. The van der Waals surface area contributed by atoms with Crippen molar-refractivity contribution in [1.82, 2.24) is 9.47 Å². The van der Waals surface area contributed by atoms with Gasteiger partial charge in [0.1, 0.15) is 5.76 Å². The van der Waals surface area contributed by atoms with Crippen molar-refractivity contribution in [3.63, 3.8) is 0 Å². The van der Waals surface area contributed by atoms with Crippen molar-refractivity contribution in [2.75, 3.05) is 14.1 Å². The van der Waals surface area contributed by atoms with Crippen molar-refractivity contribution in [2.24, 2.45) is 0 Å². The molecule has 6 heteroatoms. The van der Waals surface area contributed by atoms with E-state index in [4.69, 9.17) is 9.15 Å². The van der Waals surface area contributed by atoms with E-state index in [9.17, 15) is 9.59 Å². The molecule has 2 aromatic heterocycles. The second-order valence-corrected chi connectivity index (χ2v) is 5.73. The second-order valence-electron chi connectivity index (χ2n) is 5.73. The van der Waals surface area contributed by atoms with E-state index in [1.165, 1.54) is 4.90 Å². The van der Waals surface area contributed by atoms with E-state index in [0.29, 0.717) is 12.1 Å². The van der Waals surface area contributed by atoms with Crippen LogP contribution in [0.25, 0.3) is 0 Å². The molecule has 0 spiro atoms. The molecule has 0 saturated heterocycles. The van der Waals surface area contributed by atoms with Crippen molar-refractivity contribution in [3.05, 3.63) is 47.2 Å². The molecule has 0 unspecified atom stereocenters. The minimum atomic E-state index is -0.814. The van der Waals surface area contributed by atoms with Crippen molar-refractivity contribution in [3.8, 4) is 0 Å². The highest BCUT2D eigenvalue weighted by Crippen LogP contribution is 2.19. The lowest BCUT2D eigenvalue weighted by atomic mass is 10.2. The number of hydrogen-bond acceptors (Lipinski definition) is 4. The summed E-state index contributed by atoms with van der Waals surface area (Å²) in [6.45, 7) is 5.89. The fraction of sp³-hybridized carbons (Fsp3) is 0.412. The molecule has 0 aliphatic carbocycles. The Hall–Kier alpha value is -2.50. The van der Waals surface area contributed by atoms with Crippen LogP contribution in [0, 0.1) is 13.8 Å². The maximum Gasteiger partial charge on any atom is 0.340 e. The maximum atomic E-state index is 12.3. The summed E-state index contributed by atoms with van der Waals surface area (Å²) >= 11 is 0. The number of hydrogen-bond donors (Lipinski definition) is 0. The molecule has 0 aliphatic rings. The number of aryl methyl sites for hydroxylation is 1. The summed E-state index contributed by atoms with van der Waals surface area (Å²) in [5, 5.41) is 0. The standard InChI is InChI=1S/C17H22N2O4/c1-11-9-15(17(21)23-13(3)16(20)18(4)5)12(2)19(11)10-14-7-6-8-22-14/h6-9,13H,10H2,1-5H3/t13-/m1/s1. The number of nitrogens with zero attached hydrogens (tertiary/aromatic N) is 2. The van der Waals surface area contributed by atoms with Gasteiger partial charge in [0.05, 0.1) is 18.4 Å². The average Bonchev–Trinajstić information content (AvgIpc) is 3.09. The highest BCUT2D eigenvalue weighted by Gasteiger charge is 2.23. The molecule has 124 valence electrons. The molecule has 2 rings (SSSR count). The van der Waals surface area contributed by atoms with Gasteiger partial charge in [-0.15, -0.1) is 0 Å². The minimum absolute atomic E-state index is 0.247. The number of carbonyl (C=O) groups excluding carboxylic acids is 2. The minimum Gasteiger partial charge on any atom is -0.467 e. The van der Waals surface area contributed by atoms with E-state index in [0.717, 1.165) is 17.1 Å². The van der Waals surface area contributed by atoms with E-state index in [-0.39, 0.29) is 5.91 Å². The molecule has 6 nitrogen and oxygen atoms in total. The molecule has 1 atom stereocenters. The van der Waals surface area contributed by atoms with Gasteiger partial charge in [0.25, 0.3) is 5.91 Å². The SMILES string of the molecule is Cc1cc(C(=O)O[C@H](C)C(=O)N(C)C)c(C)n1Cc1ccco1. The number of furan rings is 1. The molecule has 2 aromatic rings. The van der Waals surface area contributed by atoms with Gasteiger partial charge in [0.2, 0.25) is 0 Å². The van der Waals surface area contributed by atoms with Gasteiger partial charge in [-0.3, -0.25) is 4.79 Å². The average molecular weight is 318 g/mol. The Kier molecular flexibility index (Phi) is 4.93. The Bertz CT molecular complexity index is 699. The third-order valence-electron chi connectivity index (χ3n) is 3.76. The molecule has 0 aliphatic heterocycles. The normalized spacial score (nSPS) is 12.0. The first-order valence-electron chi connectivity index (χ1n) is 7.42. The smallest absolute Gasteiger partial charge is 0.340 e. The Morgan fingerprint density at radius 2 is 2.04 bits per heavy atom. The highest BCUT2D eigenvalue weighted by atomic mass is 16.5. The zero-order valence-corrected chi connectivity index (χ0v) is 14.1. The summed E-state index contributed by atoms with van der Waals surface area (Å²) in [6, 6.07) is 5.48. The van der Waals surface area contributed by atoms with Gasteiger partial charge in [-0.25, -0.2) is 4.79 Å². The van der Waals surface area contributed by atoms with Gasteiger partial charge in [-0.05, 0) is 39.0 Å². The predicted molar refractivity (Wildman–Crippen MR) is 85.3 cm³/mol. The van der Waals surface area contributed by atoms with Crippen LogP contribution in [0.15, 0.2) is 28.9 Å². The summed E-state index contributed by atoms with van der Waals surface area (Å²) in [5.74, 6) is 0.0668. The number of esters is 1. The second kappa shape index (κ2) is 6.73. The fourth-order valence-electron chi connectivity index (χ4n) is 2.45. The summed E-state index contributed by atoms with van der Waals surface area (Å²) < 4.78 is 12.6. The van der Waals surface area contributed by atoms with Crippen LogP contribution in [-0.4, -0.2) is 41.5 Å². The van der Waals surface area contributed by atoms with E-state index in [1.807, 2.05) is 30.5 Å². The first-order chi connectivity index (χ1) is 10.8. The van der Waals surface area contributed by atoms with Crippen LogP contribution in [0.1, 0.15) is 34.4 Å². The lowest BCUT2D eigenvalue weighted by molar-refractivity contribution is -0.137. The molecule has 0 radical (unpaired) electrons. The zero-order valence-electron chi connectivity index (χ0n) is 14.1. The van der Waals surface area contributed by atoms with E-state index < -0.39 is 12.1 Å². The van der Waals surface area contributed by atoms with Crippen LogP contribution in [0.3, 0.4) is 0 Å². The van der Waals surface area contributed by atoms with Crippen molar-refractivity contribution in [1.29, 1.82) is 0 Å². The van der Waals surface area contributed by atoms with Crippen LogP contribution in [0.2, 0.25) is 0 Å². The molecule has 0 aromatic carbocycles. The molecule has 0 N–H and O–H groups in total. The van der Waals surface area contributed by atoms with Gasteiger partial charge in [0.15, 0.2) is 6.10 Å². The van der Waals surface area contributed by atoms with Crippen LogP contribution < -0.4 is 0 Å². The van der Waals surface area contributed by atoms with E-state index >= 15 is 0 Å². The Balaban J connectivity index is 2.17. The topological polar surface area (TPSA) is 64.7 Å². The quantitative estimate of drug-likeness (QED) is 0.794. The van der Waals surface area contributed by atoms with Crippen molar-refractivity contribution in [2.45, 2.75) is 33.4 Å². The number of carbonyl (C=O) groups is 2. The summed E-state index contributed by atoms with van der Waals surface area (Å²) in [6.07, 6.45) is 0.804. The summed E-state index contributed by atoms with van der Waals surface area (Å²) in [4.78, 5) is 25.6. The maximum absolute atomic E-state index is 12.3. The Labute approximate surface area is 135 Å². The first-order valence-corrected chi connectivity index (χ1v) is 7.42. The zero-order chi connectivity index (χ0) is 17.1. The predicted octanol–water partition coefficient (Wildman–Crippen LogP) is 2.38. The number of ether oxygens (including phenoxy) is 1. The number of aromatic nitrogens is 1. The molecule has 0 fully saturated rings. The molecule has 0 saturated carbocycles. The number of rotatable bonds is 5. The molecule has 1 amide bonds. The lowest BCUT2D eigenvalue weighted by Gasteiger charge is -2.17. The monoisotopic (exact) mass is 318 g/mol. The van der Waals surface area contributed by atoms with Gasteiger partial charge in [-0.1, -0.05) is 0 Å². The van der Waals surface area contributed by atoms with Crippen LogP contribution in [0.4, 0.5) is 0 Å². The molecule has 2 heterocycles. The van der Waals surface area contributed by atoms with Crippen LogP contribution in [-0.2, 0) is 16.1 Å². The third kappa shape index (κ3) is 3.64. The van der Waals surface area contributed by atoms with E-state index in [1.54, 1.807) is 33.3 Å². The first kappa shape index (κ1) is 16.9. The van der Waals surface area contributed by atoms with Gasteiger partial charge in [0, 0.05) is 25.5 Å². The van der Waals surface area contributed by atoms with Crippen molar-refractivity contribution >= 4 is 11.9 Å². The molecule has 0 bridgehead atoms. The summed E-state index contributed by atoms with van der Waals surface area (Å²) in [5.41, 5.74) is 2.18. The Morgan fingerprint density at radius 1 is 1.35 bits per heavy atom. The van der Waals surface area contributed by atoms with Crippen LogP contribution in [0.5, 0.6) is 0 Å². The fourth-order valence-corrected chi connectivity index (χ4v) is 2.45. The van der Waals surface area contributed by atoms with Gasteiger partial charge in [-0.2, -0.15) is 0 Å². The summed E-state index contributed by atoms with van der Waals surface area (Å²) in [7, 11) is 3.25. The third-order valence-corrected chi connectivity index (χ3v) is 3.76.